The van der Waals surface area contributed by atoms with E-state index in [0.717, 1.165) is 0 Å². The van der Waals surface area contributed by atoms with Crippen LogP contribution in [0.2, 0.25) is 0 Å². The number of rotatable bonds is 4. The summed E-state index contributed by atoms with van der Waals surface area (Å²) >= 11 is 3.12. The van der Waals surface area contributed by atoms with Gasteiger partial charge in [0.15, 0.2) is 0 Å². The first kappa shape index (κ1) is 16.7. The van der Waals surface area contributed by atoms with Crippen molar-refractivity contribution in [2.45, 2.75) is 18.7 Å². The highest BCUT2D eigenvalue weighted by Crippen LogP contribution is 2.36. The van der Waals surface area contributed by atoms with E-state index in [0.29, 0.717) is 4.47 Å². The van der Waals surface area contributed by atoms with Crippen LogP contribution in [0.4, 0.5) is 22.0 Å². The summed E-state index contributed by atoms with van der Waals surface area (Å²) in [5, 5.41) is 0. The molecule has 0 amide bonds. The SMILES string of the molecule is COc1cc(Br)ccc1COC(=O)C(F)(F)C(F)(F)F. The molecule has 0 atom stereocenters. The molecule has 0 aliphatic rings. The topological polar surface area (TPSA) is 35.5 Å². The van der Waals surface area contributed by atoms with Gasteiger partial charge in [-0.1, -0.05) is 22.0 Å². The van der Waals surface area contributed by atoms with Gasteiger partial charge in [0.2, 0.25) is 0 Å². The minimum Gasteiger partial charge on any atom is -0.496 e. The van der Waals surface area contributed by atoms with Gasteiger partial charge in [0.1, 0.15) is 12.4 Å². The van der Waals surface area contributed by atoms with Crippen LogP contribution in [0, 0.1) is 0 Å². The highest BCUT2D eigenvalue weighted by Gasteiger charge is 2.64. The maximum Gasteiger partial charge on any atom is 0.465 e. The second kappa shape index (κ2) is 5.94. The molecule has 0 radical (unpaired) electrons. The van der Waals surface area contributed by atoms with Crippen LogP contribution in [0.1, 0.15) is 5.56 Å². The zero-order valence-corrected chi connectivity index (χ0v) is 11.5. The van der Waals surface area contributed by atoms with Crippen LogP contribution in [0.15, 0.2) is 22.7 Å². The minimum atomic E-state index is -5.99. The van der Waals surface area contributed by atoms with Crippen molar-refractivity contribution in [1.82, 2.24) is 0 Å². The van der Waals surface area contributed by atoms with Gasteiger partial charge in [0, 0.05) is 10.0 Å². The number of hydrogen-bond donors (Lipinski definition) is 0. The van der Waals surface area contributed by atoms with Gasteiger partial charge in [-0.15, -0.1) is 0 Å². The molecule has 1 aromatic carbocycles. The summed E-state index contributed by atoms with van der Waals surface area (Å²) in [6.45, 7) is -0.763. The molecule has 0 spiro atoms. The fourth-order valence-corrected chi connectivity index (χ4v) is 1.53. The summed E-state index contributed by atoms with van der Waals surface area (Å²) in [6.07, 6.45) is -5.99. The monoisotopic (exact) mass is 362 g/mol. The van der Waals surface area contributed by atoms with Crippen LogP contribution < -0.4 is 4.74 Å². The van der Waals surface area contributed by atoms with Crippen LogP contribution in [0.5, 0.6) is 5.75 Å². The number of carbonyl (C=O) groups excluding carboxylic acids is 1. The maximum absolute atomic E-state index is 12.6. The Morgan fingerprint density at radius 3 is 2.35 bits per heavy atom. The molecule has 0 unspecified atom stereocenters. The molecule has 9 heteroatoms. The molecule has 112 valence electrons. The van der Waals surface area contributed by atoms with Gasteiger partial charge in [0.05, 0.1) is 7.11 Å². The maximum atomic E-state index is 12.6. The van der Waals surface area contributed by atoms with Gasteiger partial charge in [-0.05, 0) is 12.1 Å². The van der Waals surface area contributed by atoms with E-state index in [2.05, 4.69) is 20.7 Å². The van der Waals surface area contributed by atoms with E-state index in [1.54, 1.807) is 0 Å². The average molecular weight is 363 g/mol. The number of alkyl halides is 5. The highest BCUT2D eigenvalue weighted by atomic mass is 79.9. The summed E-state index contributed by atoms with van der Waals surface area (Å²) in [7, 11) is 1.28. The fraction of sp³-hybridized carbons (Fsp3) is 0.364. The molecule has 0 saturated carbocycles. The number of benzene rings is 1. The molecule has 0 heterocycles. The Morgan fingerprint density at radius 2 is 1.85 bits per heavy atom. The van der Waals surface area contributed by atoms with E-state index >= 15 is 0 Å². The first-order valence-electron chi connectivity index (χ1n) is 5.03. The number of halogens is 6. The summed E-state index contributed by atoms with van der Waals surface area (Å²) in [5.74, 6) is -8.02. The van der Waals surface area contributed by atoms with Gasteiger partial charge >= 0.3 is 18.1 Å². The minimum absolute atomic E-state index is 0.155. The van der Waals surface area contributed by atoms with Gasteiger partial charge in [0.25, 0.3) is 0 Å². The van der Waals surface area contributed by atoms with Crippen molar-refractivity contribution in [2.24, 2.45) is 0 Å². The quantitative estimate of drug-likeness (QED) is 0.605. The highest BCUT2D eigenvalue weighted by molar-refractivity contribution is 9.10. The van der Waals surface area contributed by atoms with Crippen molar-refractivity contribution < 1.29 is 36.2 Å². The summed E-state index contributed by atoms with van der Waals surface area (Å²) < 4.78 is 70.5. The summed E-state index contributed by atoms with van der Waals surface area (Å²) in [4.78, 5) is 10.8. The lowest BCUT2D eigenvalue weighted by Gasteiger charge is -2.18. The molecular formula is C11H8BrF5O3. The first-order valence-corrected chi connectivity index (χ1v) is 5.83. The third kappa shape index (κ3) is 3.59. The predicted octanol–water partition coefficient (Wildman–Crippen LogP) is 3.70. The van der Waals surface area contributed by atoms with E-state index in [9.17, 15) is 26.7 Å². The van der Waals surface area contributed by atoms with Gasteiger partial charge in [-0.3, -0.25) is 0 Å². The molecule has 0 saturated heterocycles. The van der Waals surface area contributed by atoms with Crippen molar-refractivity contribution in [3.8, 4) is 5.75 Å². The van der Waals surface area contributed by atoms with Crippen LogP contribution in [-0.4, -0.2) is 25.2 Å². The molecule has 0 fully saturated rings. The lowest BCUT2D eigenvalue weighted by molar-refractivity contribution is -0.281. The normalized spacial score (nSPS) is 12.2. The predicted molar refractivity (Wildman–Crippen MR) is 61.5 cm³/mol. The van der Waals surface area contributed by atoms with E-state index < -0.39 is 24.7 Å². The van der Waals surface area contributed by atoms with Crippen molar-refractivity contribution >= 4 is 21.9 Å². The summed E-state index contributed by atoms with van der Waals surface area (Å²) in [5.41, 5.74) is 0.155. The van der Waals surface area contributed by atoms with Crippen LogP contribution in [0.3, 0.4) is 0 Å². The van der Waals surface area contributed by atoms with Crippen LogP contribution in [-0.2, 0) is 16.1 Å². The Morgan fingerprint density at radius 1 is 1.25 bits per heavy atom. The molecule has 1 rings (SSSR count). The van der Waals surface area contributed by atoms with Gasteiger partial charge < -0.3 is 9.47 Å². The number of hydrogen-bond acceptors (Lipinski definition) is 3. The molecule has 0 aliphatic carbocycles. The van der Waals surface area contributed by atoms with E-state index in [-0.39, 0.29) is 11.3 Å². The number of ether oxygens (including phenoxy) is 2. The van der Waals surface area contributed by atoms with E-state index in [1.807, 2.05) is 0 Å². The summed E-state index contributed by atoms with van der Waals surface area (Å²) in [6, 6.07) is 4.31. The van der Waals surface area contributed by atoms with E-state index in [1.165, 1.54) is 25.3 Å². The Balaban J connectivity index is 2.80. The third-order valence-corrected chi connectivity index (χ3v) is 2.71. The van der Waals surface area contributed by atoms with Crippen LogP contribution in [0.25, 0.3) is 0 Å². The largest absolute Gasteiger partial charge is 0.496 e. The second-order valence-electron chi connectivity index (χ2n) is 3.60. The Hall–Kier alpha value is -1.38. The Bertz CT molecular complexity index is 501. The third-order valence-electron chi connectivity index (χ3n) is 2.22. The smallest absolute Gasteiger partial charge is 0.465 e. The zero-order chi connectivity index (χ0) is 15.6. The lowest BCUT2D eigenvalue weighted by atomic mass is 10.2. The Labute approximate surface area is 118 Å². The molecule has 0 aliphatic heterocycles. The molecule has 1 aromatic rings. The van der Waals surface area contributed by atoms with Crippen molar-refractivity contribution in [3.05, 3.63) is 28.2 Å². The number of esters is 1. The fourth-order valence-electron chi connectivity index (χ4n) is 1.19. The average Bonchev–Trinajstić information content (AvgIpc) is 2.35. The number of carbonyl (C=O) groups is 1. The molecule has 0 N–H and O–H groups in total. The second-order valence-corrected chi connectivity index (χ2v) is 4.52. The Kier molecular flexibility index (Phi) is 4.95. The zero-order valence-electron chi connectivity index (χ0n) is 9.93. The van der Waals surface area contributed by atoms with Gasteiger partial charge in [-0.2, -0.15) is 22.0 Å². The molecular weight excluding hydrogens is 355 g/mol. The van der Waals surface area contributed by atoms with Crippen molar-refractivity contribution in [2.75, 3.05) is 7.11 Å². The van der Waals surface area contributed by atoms with Gasteiger partial charge in [-0.25, -0.2) is 4.79 Å². The van der Waals surface area contributed by atoms with Crippen molar-refractivity contribution in [3.63, 3.8) is 0 Å². The first-order chi connectivity index (χ1) is 9.09. The molecule has 20 heavy (non-hydrogen) atoms. The molecule has 3 nitrogen and oxygen atoms in total. The number of methoxy groups -OCH3 is 1. The molecule has 0 aromatic heterocycles. The molecule has 0 bridgehead atoms. The van der Waals surface area contributed by atoms with Crippen LogP contribution >= 0.6 is 15.9 Å². The lowest BCUT2D eigenvalue weighted by Crippen LogP contribution is -2.45. The van der Waals surface area contributed by atoms with E-state index in [4.69, 9.17) is 4.74 Å². The van der Waals surface area contributed by atoms with Crippen molar-refractivity contribution in [1.29, 1.82) is 0 Å². The standard InChI is InChI=1S/C11H8BrF5O3/c1-19-8-4-7(12)3-2-6(8)5-20-9(18)10(13,14)11(15,16)17/h2-4H,5H2,1H3.